The Bertz CT molecular complexity index is 1280. The summed E-state index contributed by atoms with van der Waals surface area (Å²) in [5.41, 5.74) is 0.00939. The summed E-state index contributed by atoms with van der Waals surface area (Å²) in [4.78, 5) is 15.2. The van der Waals surface area contributed by atoms with Crippen LogP contribution >= 0.6 is 23.2 Å². The van der Waals surface area contributed by atoms with Gasteiger partial charge in [-0.15, -0.1) is 0 Å². The van der Waals surface area contributed by atoms with Crippen molar-refractivity contribution in [2.24, 2.45) is 0 Å². The molecule has 0 saturated heterocycles. The van der Waals surface area contributed by atoms with Crippen molar-refractivity contribution in [3.8, 4) is 28.0 Å². The molecule has 7 heteroatoms. The Hall–Kier alpha value is -2.89. The zero-order valence-electron chi connectivity index (χ0n) is 14.1. The third-order valence-electron chi connectivity index (χ3n) is 4.51. The van der Waals surface area contributed by atoms with Gasteiger partial charge >= 0.3 is 0 Å². The van der Waals surface area contributed by atoms with E-state index >= 15 is 0 Å². The number of hydrogen-bond acceptors (Lipinski definition) is 2. The number of pyridine rings is 1. The minimum atomic E-state index is -1.18. The van der Waals surface area contributed by atoms with Gasteiger partial charge in [0.1, 0.15) is 5.75 Å². The lowest BCUT2D eigenvalue weighted by molar-refractivity contribution is 0.458. The van der Waals surface area contributed by atoms with E-state index < -0.39 is 22.9 Å². The lowest BCUT2D eigenvalue weighted by atomic mass is 9.94. The molecule has 3 aromatic carbocycles. The first-order chi connectivity index (χ1) is 13.4. The van der Waals surface area contributed by atoms with Crippen LogP contribution in [0.3, 0.4) is 0 Å². The van der Waals surface area contributed by atoms with Crippen molar-refractivity contribution in [3.05, 3.63) is 86.8 Å². The van der Waals surface area contributed by atoms with Crippen molar-refractivity contribution in [1.82, 2.24) is 4.98 Å². The molecule has 4 rings (SSSR count). The number of nitrogens with one attached hydrogen (secondary N) is 1. The summed E-state index contributed by atoms with van der Waals surface area (Å²) in [6.45, 7) is 0. The summed E-state index contributed by atoms with van der Waals surface area (Å²) >= 11 is 12.6. The zero-order valence-corrected chi connectivity index (χ0v) is 15.6. The van der Waals surface area contributed by atoms with Crippen molar-refractivity contribution >= 4 is 34.0 Å². The Kier molecular flexibility index (Phi) is 4.57. The van der Waals surface area contributed by atoms with Gasteiger partial charge in [0.15, 0.2) is 11.6 Å². The number of fused-ring (bicyclic) bond motifs is 1. The molecule has 1 aromatic heterocycles. The number of aromatic nitrogens is 1. The fraction of sp³-hybridized carbons (Fsp3) is 0. The summed E-state index contributed by atoms with van der Waals surface area (Å²) in [6.07, 6.45) is 1.38. The molecule has 0 radical (unpaired) electrons. The van der Waals surface area contributed by atoms with Gasteiger partial charge in [0.2, 0.25) is 0 Å². The van der Waals surface area contributed by atoms with Crippen LogP contribution in [0.2, 0.25) is 10.0 Å². The Labute approximate surface area is 167 Å². The van der Waals surface area contributed by atoms with Crippen molar-refractivity contribution < 1.29 is 13.9 Å². The number of rotatable bonds is 2. The Morgan fingerprint density at radius 3 is 2.21 bits per heavy atom. The SMILES string of the molecule is O=c1[nH]cc2c(-c3c(O)ccc(F)c3F)cccc2c1-c1c(Cl)cccc1Cl. The van der Waals surface area contributed by atoms with Crippen LogP contribution in [-0.2, 0) is 0 Å². The number of phenolic OH excluding ortho intramolecular Hbond substituents is 1. The smallest absolute Gasteiger partial charge is 0.256 e. The lowest BCUT2D eigenvalue weighted by Gasteiger charge is -2.14. The highest BCUT2D eigenvalue weighted by Crippen LogP contribution is 2.41. The fourth-order valence-electron chi connectivity index (χ4n) is 3.27. The molecule has 1 heterocycles. The molecular weight excluding hydrogens is 407 g/mol. The van der Waals surface area contributed by atoms with E-state index in [1.807, 2.05) is 0 Å². The number of aromatic amines is 1. The molecule has 140 valence electrons. The monoisotopic (exact) mass is 417 g/mol. The maximum Gasteiger partial charge on any atom is 0.256 e. The maximum absolute atomic E-state index is 14.5. The summed E-state index contributed by atoms with van der Waals surface area (Å²) in [5, 5.41) is 11.5. The third kappa shape index (κ3) is 2.84. The Morgan fingerprint density at radius 2 is 1.50 bits per heavy atom. The molecule has 3 nitrogen and oxygen atoms in total. The van der Waals surface area contributed by atoms with Gasteiger partial charge in [-0.25, -0.2) is 8.78 Å². The maximum atomic E-state index is 14.5. The standard InChI is InChI=1S/C21H11Cl2F2NO2/c22-13-5-2-6-14(23)19(13)18-11-4-1-3-10(12(11)9-26-21(18)28)17-16(27)8-7-15(24)20(17)25/h1-9,27H,(H,26,28). The first kappa shape index (κ1) is 18.5. The molecule has 4 aromatic rings. The summed E-state index contributed by atoms with van der Waals surface area (Å²) in [7, 11) is 0. The molecule has 2 N–H and O–H groups in total. The van der Waals surface area contributed by atoms with Crippen molar-refractivity contribution in [2.45, 2.75) is 0 Å². The average molecular weight is 418 g/mol. The molecule has 28 heavy (non-hydrogen) atoms. The average Bonchev–Trinajstić information content (AvgIpc) is 2.66. The van der Waals surface area contributed by atoms with E-state index in [9.17, 15) is 18.7 Å². The molecule has 0 aliphatic carbocycles. The van der Waals surface area contributed by atoms with Gasteiger partial charge in [0, 0.05) is 17.1 Å². The van der Waals surface area contributed by atoms with Gasteiger partial charge in [0.05, 0.1) is 21.2 Å². The van der Waals surface area contributed by atoms with Crippen molar-refractivity contribution in [2.75, 3.05) is 0 Å². The van der Waals surface area contributed by atoms with Crippen LogP contribution in [0.15, 0.2) is 59.5 Å². The first-order valence-electron chi connectivity index (χ1n) is 8.16. The first-order valence-corrected chi connectivity index (χ1v) is 8.92. The molecule has 0 saturated carbocycles. The third-order valence-corrected chi connectivity index (χ3v) is 5.14. The van der Waals surface area contributed by atoms with Crippen LogP contribution in [0.4, 0.5) is 8.78 Å². The van der Waals surface area contributed by atoms with E-state index in [1.54, 1.807) is 30.3 Å². The predicted octanol–water partition coefficient (Wildman–Crippen LogP) is 6.15. The van der Waals surface area contributed by atoms with Crippen LogP contribution in [0.5, 0.6) is 5.75 Å². The number of hydrogen-bond donors (Lipinski definition) is 2. The highest BCUT2D eigenvalue weighted by Gasteiger charge is 2.21. The summed E-state index contributed by atoms with van der Waals surface area (Å²) in [6, 6.07) is 11.5. The van der Waals surface area contributed by atoms with Crippen LogP contribution in [-0.4, -0.2) is 10.1 Å². The van der Waals surface area contributed by atoms with Gasteiger partial charge in [-0.1, -0.05) is 47.5 Å². The van der Waals surface area contributed by atoms with Crippen LogP contribution in [0.1, 0.15) is 0 Å². The number of aromatic hydroxyl groups is 1. The Morgan fingerprint density at radius 1 is 0.821 bits per heavy atom. The molecular formula is C21H11Cl2F2NO2. The van der Waals surface area contributed by atoms with Gasteiger partial charge in [0.25, 0.3) is 5.56 Å². The molecule has 0 amide bonds. The minimum Gasteiger partial charge on any atom is -0.507 e. The summed E-state index contributed by atoms with van der Waals surface area (Å²) in [5.74, 6) is -2.70. The van der Waals surface area contributed by atoms with Gasteiger partial charge in [-0.2, -0.15) is 0 Å². The highest BCUT2D eigenvalue weighted by atomic mass is 35.5. The van der Waals surface area contributed by atoms with E-state index in [4.69, 9.17) is 23.2 Å². The summed E-state index contributed by atoms with van der Waals surface area (Å²) < 4.78 is 28.2. The zero-order chi connectivity index (χ0) is 20.0. The quantitative estimate of drug-likeness (QED) is 0.410. The molecule has 0 fully saturated rings. The van der Waals surface area contributed by atoms with E-state index in [2.05, 4.69) is 4.98 Å². The Balaban J connectivity index is 2.14. The van der Waals surface area contributed by atoms with E-state index in [0.717, 1.165) is 12.1 Å². The predicted molar refractivity (Wildman–Crippen MR) is 107 cm³/mol. The van der Waals surface area contributed by atoms with E-state index in [1.165, 1.54) is 12.3 Å². The second kappa shape index (κ2) is 6.93. The van der Waals surface area contributed by atoms with Crippen LogP contribution in [0.25, 0.3) is 33.0 Å². The minimum absolute atomic E-state index is 0.200. The number of benzene rings is 3. The van der Waals surface area contributed by atoms with Crippen molar-refractivity contribution in [3.63, 3.8) is 0 Å². The van der Waals surface area contributed by atoms with E-state index in [0.29, 0.717) is 16.3 Å². The number of halogens is 4. The second-order valence-corrected chi connectivity index (χ2v) is 6.93. The molecule has 0 bridgehead atoms. The molecule has 0 aliphatic heterocycles. The van der Waals surface area contributed by atoms with Gasteiger partial charge in [-0.05, 0) is 35.2 Å². The second-order valence-electron chi connectivity index (χ2n) is 6.11. The lowest BCUT2D eigenvalue weighted by Crippen LogP contribution is -2.09. The topological polar surface area (TPSA) is 53.1 Å². The molecule has 0 spiro atoms. The van der Waals surface area contributed by atoms with Crippen LogP contribution < -0.4 is 5.56 Å². The highest BCUT2D eigenvalue weighted by molar-refractivity contribution is 6.39. The number of H-pyrrole nitrogens is 1. The van der Waals surface area contributed by atoms with E-state index in [-0.39, 0.29) is 26.7 Å². The largest absolute Gasteiger partial charge is 0.507 e. The van der Waals surface area contributed by atoms with Crippen molar-refractivity contribution in [1.29, 1.82) is 0 Å². The number of phenols is 1. The normalized spacial score (nSPS) is 11.1. The fourth-order valence-corrected chi connectivity index (χ4v) is 3.86. The van der Waals surface area contributed by atoms with Gasteiger partial charge < -0.3 is 10.1 Å². The molecule has 0 unspecified atom stereocenters. The van der Waals surface area contributed by atoms with Crippen LogP contribution in [0, 0.1) is 11.6 Å². The molecule has 0 atom stereocenters. The van der Waals surface area contributed by atoms with Gasteiger partial charge in [-0.3, -0.25) is 4.79 Å². The molecule has 0 aliphatic rings.